The van der Waals surface area contributed by atoms with Crippen molar-refractivity contribution < 1.29 is 9.47 Å². The Hall–Kier alpha value is -2.29. The van der Waals surface area contributed by atoms with Crippen molar-refractivity contribution >= 4 is 12.2 Å². The van der Waals surface area contributed by atoms with Gasteiger partial charge in [0.15, 0.2) is 12.4 Å². The lowest BCUT2D eigenvalue weighted by Crippen LogP contribution is -2.23. The van der Waals surface area contributed by atoms with Crippen molar-refractivity contribution in [2.75, 3.05) is 6.61 Å². The summed E-state index contributed by atoms with van der Waals surface area (Å²) in [6, 6.07) is 11.8. The lowest BCUT2D eigenvalue weighted by molar-refractivity contribution is -0.605. The van der Waals surface area contributed by atoms with Crippen LogP contribution in [0.2, 0.25) is 0 Å². The molecule has 0 fully saturated rings. The van der Waals surface area contributed by atoms with Crippen LogP contribution in [0.25, 0.3) is 12.2 Å². The zero-order valence-corrected chi connectivity index (χ0v) is 17.3. The largest absolute Gasteiger partial charge is 0.619 e. The summed E-state index contributed by atoms with van der Waals surface area (Å²) in [5.41, 5.74) is 2.12. The summed E-state index contributed by atoms with van der Waals surface area (Å²) >= 11 is 0. The number of ether oxygens (including phenoxy) is 1. The number of rotatable bonds is 14. The Bertz CT molecular complexity index is 662. The van der Waals surface area contributed by atoms with Gasteiger partial charge in [0.25, 0.3) is 0 Å². The SMILES string of the molecule is CCCCCCCCCCCCOc1ccc(/C=C/c2cc[n+]([O-])cc2)cc1. The van der Waals surface area contributed by atoms with Crippen molar-refractivity contribution in [1.82, 2.24) is 0 Å². The van der Waals surface area contributed by atoms with E-state index in [-0.39, 0.29) is 0 Å². The molecular weight excluding hydrogens is 346 g/mol. The second-order valence-corrected chi connectivity index (χ2v) is 7.42. The average Bonchev–Trinajstić information content (AvgIpc) is 2.72. The summed E-state index contributed by atoms with van der Waals surface area (Å²) in [6.45, 7) is 3.07. The first-order valence-corrected chi connectivity index (χ1v) is 10.9. The van der Waals surface area contributed by atoms with Gasteiger partial charge in [0.1, 0.15) is 5.75 Å². The van der Waals surface area contributed by atoms with Crippen LogP contribution in [0.1, 0.15) is 82.3 Å². The molecule has 0 atom stereocenters. The van der Waals surface area contributed by atoms with Crippen LogP contribution in [-0.4, -0.2) is 6.61 Å². The van der Waals surface area contributed by atoms with Gasteiger partial charge in [-0.1, -0.05) is 89.0 Å². The van der Waals surface area contributed by atoms with E-state index >= 15 is 0 Å². The molecule has 1 aromatic heterocycles. The normalized spacial score (nSPS) is 11.2. The van der Waals surface area contributed by atoms with Crippen molar-refractivity contribution in [1.29, 1.82) is 0 Å². The zero-order valence-electron chi connectivity index (χ0n) is 17.3. The summed E-state index contributed by atoms with van der Waals surface area (Å²) < 4.78 is 6.64. The highest BCUT2D eigenvalue weighted by Crippen LogP contribution is 2.15. The minimum Gasteiger partial charge on any atom is -0.619 e. The van der Waals surface area contributed by atoms with E-state index in [1.807, 2.05) is 24.3 Å². The molecule has 28 heavy (non-hydrogen) atoms. The predicted octanol–water partition coefficient (Wildman–Crippen LogP) is 6.79. The van der Waals surface area contributed by atoms with E-state index in [0.717, 1.165) is 34.6 Å². The van der Waals surface area contributed by atoms with Gasteiger partial charge in [-0.25, -0.2) is 0 Å². The van der Waals surface area contributed by atoms with Gasteiger partial charge < -0.3 is 9.94 Å². The van der Waals surface area contributed by atoms with Crippen LogP contribution in [-0.2, 0) is 0 Å². The fourth-order valence-corrected chi connectivity index (χ4v) is 3.18. The van der Waals surface area contributed by atoms with Crippen molar-refractivity contribution in [3.8, 4) is 5.75 Å². The molecule has 0 aliphatic rings. The molecule has 0 saturated carbocycles. The van der Waals surface area contributed by atoms with Crippen molar-refractivity contribution in [3.63, 3.8) is 0 Å². The second kappa shape index (κ2) is 13.8. The fourth-order valence-electron chi connectivity index (χ4n) is 3.18. The van der Waals surface area contributed by atoms with Crippen molar-refractivity contribution in [3.05, 3.63) is 65.1 Å². The topological polar surface area (TPSA) is 36.2 Å². The maximum atomic E-state index is 11.0. The molecular formula is C25H35NO2. The number of benzene rings is 1. The molecule has 0 amide bonds. The average molecular weight is 382 g/mol. The molecule has 0 radical (unpaired) electrons. The maximum Gasteiger partial charge on any atom is 0.180 e. The van der Waals surface area contributed by atoms with E-state index in [1.165, 1.54) is 70.2 Å². The molecule has 152 valence electrons. The molecule has 2 rings (SSSR count). The highest BCUT2D eigenvalue weighted by molar-refractivity contribution is 5.69. The third-order valence-corrected chi connectivity index (χ3v) is 4.94. The number of aromatic nitrogens is 1. The quantitative estimate of drug-likeness (QED) is 0.205. The summed E-state index contributed by atoms with van der Waals surface area (Å²) in [4.78, 5) is 0. The number of unbranched alkanes of at least 4 members (excludes halogenated alkanes) is 9. The first-order chi connectivity index (χ1) is 13.8. The Morgan fingerprint density at radius 1 is 0.714 bits per heavy atom. The van der Waals surface area contributed by atoms with Crippen LogP contribution in [0.5, 0.6) is 5.75 Å². The standard InChI is InChI=1S/C25H35NO2/c1-2-3-4-5-6-7-8-9-10-11-22-28-25-16-14-23(15-17-25)12-13-24-18-20-26(27)21-19-24/h12-21H,2-11,22H2,1H3/b13-12+. The second-order valence-electron chi connectivity index (χ2n) is 7.42. The Kier molecular flexibility index (Phi) is 10.9. The molecule has 0 bridgehead atoms. The predicted molar refractivity (Wildman–Crippen MR) is 118 cm³/mol. The minimum atomic E-state index is 0.790. The smallest absolute Gasteiger partial charge is 0.180 e. The third kappa shape index (κ3) is 9.59. The van der Waals surface area contributed by atoms with Crippen molar-refractivity contribution in [2.24, 2.45) is 0 Å². The summed E-state index contributed by atoms with van der Waals surface area (Å²) in [7, 11) is 0. The minimum absolute atomic E-state index is 0.790. The van der Waals surface area contributed by atoms with Crippen LogP contribution in [0.3, 0.4) is 0 Å². The number of hydrogen-bond acceptors (Lipinski definition) is 2. The monoisotopic (exact) mass is 381 g/mol. The van der Waals surface area contributed by atoms with E-state index in [9.17, 15) is 5.21 Å². The zero-order chi connectivity index (χ0) is 19.9. The van der Waals surface area contributed by atoms with Crippen LogP contribution in [0.15, 0.2) is 48.8 Å². The van der Waals surface area contributed by atoms with Gasteiger partial charge in [-0.05, 0) is 29.7 Å². The van der Waals surface area contributed by atoms with Gasteiger partial charge in [0, 0.05) is 12.1 Å². The van der Waals surface area contributed by atoms with Gasteiger partial charge in [-0.15, -0.1) is 0 Å². The molecule has 0 unspecified atom stereocenters. The maximum absolute atomic E-state index is 11.0. The number of hydrogen-bond donors (Lipinski definition) is 0. The van der Waals surface area contributed by atoms with E-state index < -0.39 is 0 Å². The van der Waals surface area contributed by atoms with Crippen LogP contribution < -0.4 is 9.47 Å². The highest BCUT2D eigenvalue weighted by Gasteiger charge is 1.96. The lowest BCUT2D eigenvalue weighted by atomic mass is 10.1. The van der Waals surface area contributed by atoms with Gasteiger partial charge in [0.2, 0.25) is 0 Å². The first kappa shape index (κ1) is 22.0. The highest BCUT2D eigenvalue weighted by atomic mass is 16.5. The Morgan fingerprint density at radius 3 is 1.79 bits per heavy atom. The summed E-state index contributed by atoms with van der Waals surface area (Å²) in [5, 5.41) is 11.0. The van der Waals surface area contributed by atoms with E-state index in [1.54, 1.807) is 12.1 Å². The van der Waals surface area contributed by atoms with E-state index in [0.29, 0.717) is 0 Å². The van der Waals surface area contributed by atoms with E-state index in [4.69, 9.17) is 4.74 Å². The molecule has 2 aromatic rings. The molecule has 0 aliphatic carbocycles. The molecule has 1 aromatic carbocycles. The van der Waals surface area contributed by atoms with E-state index in [2.05, 4.69) is 19.1 Å². The Morgan fingerprint density at radius 2 is 1.21 bits per heavy atom. The molecule has 1 heterocycles. The van der Waals surface area contributed by atoms with Gasteiger partial charge in [0.05, 0.1) is 6.61 Å². The Balaban J connectivity index is 1.54. The molecule has 0 aliphatic heterocycles. The summed E-state index contributed by atoms with van der Waals surface area (Å²) in [5.74, 6) is 0.931. The number of pyridine rings is 1. The molecule has 0 saturated heterocycles. The molecule has 3 nitrogen and oxygen atoms in total. The molecule has 3 heteroatoms. The van der Waals surface area contributed by atoms with Crippen LogP contribution in [0, 0.1) is 5.21 Å². The fraction of sp³-hybridized carbons (Fsp3) is 0.480. The van der Waals surface area contributed by atoms with Gasteiger partial charge in [-0.3, -0.25) is 0 Å². The third-order valence-electron chi connectivity index (χ3n) is 4.94. The van der Waals surface area contributed by atoms with Gasteiger partial charge >= 0.3 is 0 Å². The van der Waals surface area contributed by atoms with Gasteiger partial charge in [-0.2, -0.15) is 4.73 Å². The molecule has 0 N–H and O–H groups in total. The first-order valence-electron chi connectivity index (χ1n) is 10.9. The Labute approximate surface area is 170 Å². The van der Waals surface area contributed by atoms with Crippen LogP contribution >= 0.6 is 0 Å². The van der Waals surface area contributed by atoms with Crippen LogP contribution in [0.4, 0.5) is 0 Å². The lowest BCUT2D eigenvalue weighted by Gasteiger charge is -2.06. The molecule has 0 spiro atoms. The van der Waals surface area contributed by atoms with Crippen molar-refractivity contribution in [2.45, 2.75) is 71.1 Å². The number of nitrogens with zero attached hydrogens (tertiary/aromatic N) is 1. The summed E-state index contributed by atoms with van der Waals surface area (Å²) in [6.07, 6.45) is 20.5.